The molecule has 0 aliphatic carbocycles. The fourth-order valence-corrected chi connectivity index (χ4v) is 3.24. The lowest BCUT2D eigenvalue weighted by Gasteiger charge is -2.21. The number of aryl methyl sites for hydroxylation is 2. The van der Waals surface area contributed by atoms with Gasteiger partial charge < -0.3 is 15.1 Å². The van der Waals surface area contributed by atoms with Crippen molar-refractivity contribution in [3.63, 3.8) is 0 Å². The summed E-state index contributed by atoms with van der Waals surface area (Å²) in [6, 6.07) is 0. The number of carbonyl (C=O) groups excluding carboxylic acids is 1. The molecule has 0 saturated carbocycles. The zero-order chi connectivity index (χ0) is 16.3. The van der Waals surface area contributed by atoms with E-state index in [9.17, 15) is 4.79 Å². The zero-order valence-electron chi connectivity index (χ0n) is 14.5. The van der Waals surface area contributed by atoms with Gasteiger partial charge in [0, 0.05) is 52.8 Å². The van der Waals surface area contributed by atoms with Crippen LogP contribution in [0.4, 0.5) is 5.82 Å². The van der Waals surface area contributed by atoms with Crippen molar-refractivity contribution in [2.75, 3.05) is 38.6 Å². The number of carbonyl (C=O) groups is 1. The monoisotopic (exact) mass is 307 g/mol. The van der Waals surface area contributed by atoms with Gasteiger partial charge >= 0.3 is 0 Å². The highest BCUT2D eigenvalue weighted by Gasteiger charge is 2.21. The van der Waals surface area contributed by atoms with Crippen LogP contribution in [0.1, 0.15) is 31.0 Å². The van der Waals surface area contributed by atoms with E-state index in [1.54, 1.807) is 0 Å². The van der Waals surface area contributed by atoms with Crippen LogP contribution in [0.3, 0.4) is 0 Å². The van der Waals surface area contributed by atoms with E-state index in [1.807, 2.05) is 30.7 Å². The van der Waals surface area contributed by atoms with Crippen LogP contribution in [0.2, 0.25) is 0 Å². The number of rotatable bonds is 7. The highest BCUT2D eigenvalue weighted by Crippen LogP contribution is 2.21. The number of nitrogens with one attached hydrogen (secondary N) is 1. The van der Waals surface area contributed by atoms with Crippen LogP contribution in [0.5, 0.6) is 0 Å². The maximum absolute atomic E-state index is 11.7. The second-order valence-electron chi connectivity index (χ2n) is 6.58. The Balaban J connectivity index is 1.84. The van der Waals surface area contributed by atoms with E-state index in [-0.39, 0.29) is 0 Å². The lowest BCUT2D eigenvalue weighted by Crippen LogP contribution is -2.34. The van der Waals surface area contributed by atoms with Gasteiger partial charge in [-0.15, -0.1) is 0 Å². The molecule has 1 aliphatic rings. The third kappa shape index (κ3) is 3.80. The van der Waals surface area contributed by atoms with Gasteiger partial charge in [0.05, 0.1) is 5.69 Å². The first-order valence-corrected chi connectivity index (χ1v) is 8.08. The van der Waals surface area contributed by atoms with Crippen LogP contribution in [0.25, 0.3) is 0 Å². The van der Waals surface area contributed by atoms with E-state index in [2.05, 4.69) is 29.2 Å². The third-order valence-corrected chi connectivity index (χ3v) is 4.23. The second kappa shape index (κ2) is 7.13. The van der Waals surface area contributed by atoms with Crippen LogP contribution in [0.15, 0.2) is 0 Å². The molecule has 1 saturated heterocycles. The molecule has 22 heavy (non-hydrogen) atoms. The quantitative estimate of drug-likeness (QED) is 0.821. The van der Waals surface area contributed by atoms with Crippen LogP contribution in [0, 0.1) is 12.8 Å². The predicted octanol–water partition coefficient (Wildman–Crippen LogP) is 1.14. The Morgan fingerprint density at radius 3 is 2.73 bits per heavy atom. The Hall–Kier alpha value is -1.56. The number of likely N-dealkylation sites (tertiary alicyclic amines) is 1. The average Bonchev–Trinajstić information content (AvgIpc) is 2.94. The van der Waals surface area contributed by atoms with E-state index in [0.717, 1.165) is 50.5 Å². The standard InChI is InChI=1S/C16H29N5O/c1-12(11-21-8-6-7-15(21)22)9-17-10-14-13(2)18-20(5)16(14)19(3)4/h12,17H,6-11H2,1-5H3/t12-/m1/s1. The summed E-state index contributed by atoms with van der Waals surface area (Å²) in [5.74, 6) is 1.92. The first-order valence-electron chi connectivity index (χ1n) is 8.08. The molecule has 1 N–H and O–H groups in total. The van der Waals surface area contributed by atoms with Crippen molar-refractivity contribution in [1.82, 2.24) is 20.0 Å². The Kier molecular flexibility index (Phi) is 5.45. The summed E-state index contributed by atoms with van der Waals surface area (Å²) < 4.78 is 1.93. The van der Waals surface area contributed by atoms with E-state index < -0.39 is 0 Å². The number of nitrogens with zero attached hydrogens (tertiary/aromatic N) is 4. The fourth-order valence-electron chi connectivity index (χ4n) is 3.24. The summed E-state index contributed by atoms with van der Waals surface area (Å²) >= 11 is 0. The van der Waals surface area contributed by atoms with Gasteiger partial charge in [-0.1, -0.05) is 6.92 Å². The van der Waals surface area contributed by atoms with Gasteiger partial charge in [-0.2, -0.15) is 5.10 Å². The van der Waals surface area contributed by atoms with Crippen molar-refractivity contribution in [3.8, 4) is 0 Å². The Morgan fingerprint density at radius 1 is 1.41 bits per heavy atom. The van der Waals surface area contributed by atoms with Gasteiger partial charge in [0.25, 0.3) is 0 Å². The molecule has 0 aromatic carbocycles. The van der Waals surface area contributed by atoms with Crippen LogP contribution in [-0.2, 0) is 18.4 Å². The van der Waals surface area contributed by atoms with Gasteiger partial charge in [0.2, 0.25) is 5.91 Å². The highest BCUT2D eigenvalue weighted by atomic mass is 16.2. The molecular weight excluding hydrogens is 278 g/mol. The Morgan fingerprint density at radius 2 is 2.14 bits per heavy atom. The van der Waals surface area contributed by atoms with Crippen molar-refractivity contribution < 1.29 is 4.79 Å². The van der Waals surface area contributed by atoms with Crippen molar-refractivity contribution in [1.29, 1.82) is 0 Å². The Labute approximate surface area is 133 Å². The summed E-state index contributed by atoms with van der Waals surface area (Å²) in [6.07, 6.45) is 1.74. The molecule has 6 nitrogen and oxygen atoms in total. The summed E-state index contributed by atoms with van der Waals surface area (Å²) in [4.78, 5) is 15.8. The summed E-state index contributed by atoms with van der Waals surface area (Å²) in [5.41, 5.74) is 2.32. The van der Waals surface area contributed by atoms with E-state index >= 15 is 0 Å². The topological polar surface area (TPSA) is 53.4 Å². The number of aromatic nitrogens is 2. The van der Waals surface area contributed by atoms with E-state index in [4.69, 9.17) is 0 Å². The average molecular weight is 307 g/mol. The van der Waals surface area contributed by atoms with Crippen LogP contribution >= 0.6 is 0 Å². The molecular formula is C16H29N5O. The second-order valence-corrected chi connectivity index (χ2v) is 6.58. The number of amides is 1. The largest absolute Gasteiger partial charge is 0.363 e. The number of anilines is 1. The van der Waals surface area contributed by atoms with Crippen molar-refractivity contribution in [3.05, 3.63) is 11.3 Å². The van der Waals surface area contributed by atoms with Crippen molar-refractivity contribution in [2.24, 2.45) is 13.0 Å². The van der Waals surface area contributed by atoms with Gasteiger partial charge in [-0.3, -0.25) is 9.48 Å². The van der Waals surface area contributed by atoms with E-state index in [0.29, 0.717) is 11.8 Å². The third-order valence-electron chi connectivity index (χ3n) is 4.23. The minimum absolute atomic E-state index is 0.310. The molecule has 1 aliphatic heterocycles. The lowest BCUT2D eigenvalue weighted by atomic mass is 10.1. The van der Waals surface area contributed by atoms with Gasteiger partial charge in [0.15, 0.2) is 0 Å². The maximum atomic E-state index is 11.7. The molecule has 1 fully saturated rings. The molecule has 1 aromatic rings. The molecule has 0 spiro atoms. The minimum Gasteiger partial charge on any atom is -0.363 e. The molecule has 0 bridgehead atoms. The van der Waals surface area contributed by atoms with Crippen LogP contribution in [-0.4, -0.2) is 54.3 Å². The fraction of sp³-hybridized carbons (Fsp3) is 0.750. The minimum atomic E-state index is 0.310. The molecule has 1 atom stereocenters. The lowest BCUT2D eigenvalue weighted by molar-refractivity contribution is -0.128. The maximum Gasteiger partial charge on any atom is 0.222 e. The molecule has 2 heterocycles. The molecule has 2 rings (SSSR count). The smallest absolute Gasteiger partial charge is 0.222 e. The van der Waals surface area contributed by atoms with Crippen molar-refractivity contribution >= 4 is 11.7 Å². The predicted molar refractivity (Wildman–Crippen MR) is 89.0 cm³/mol. The van der Waals surface area contributed by atoms with Gasteiger partial charge in [0.1, 0.15) is 5.82 Å². The summed E-state index contributed by atoms with van der Waals surface area (Å²) in [6.45, 7) is 7.75. The molecule has 6 heteroatoms. The first kappa shape index (κ1) is 16.8. The molecule has 0 radical (unpaired) electrons. The Bertz CT molecular complexity index is 523. The normalized spacial score (nSPS) is 16.4. The van der Waals surface area contributed by atoms with Gasteiger partial charge in [-0.05, 0) is 25.8 Å². The van der Waals surface area contributed by atoms with Crippen LogP contribution < -0.4 is 10.2 Å². The summed E-state index contributed by atoms with van der Waals surface area (Å²) in [5, 5.41) is 8.03. The number of hydrogen-bond donors (Lipinski definition) is 1. The first-order chi connectivity index (χ1) is 10.4. The van der Waals surface area contributed by atoms with E-state index in [1.165, 1.54) is 5.56 Å². The molecule has 1 amide bonds. The molecule has 0 unspecified atom stereocenters. The molecule has 124 valence electrons. The summed E-state index contributed by atoms with van der Waals surface area (Å²) in [7, 11) is 6.07. The zero-order valence-corrected chi connectivity index (χ0v) is 14.5. The SMILES string of the molecule is Cc1nn(C)c(N(C)C)c1CNC[C@@H](C)CN1CCCC1=O. The highest BCUT2D eigenvalue weighted by molar-refractivity contribution is 5.78. The van der Waals surface area contributed by atoms with Crippen molar-refractivity contribution in [2.45, 2.75) is 33.2 Å². The number of hydrogen-bond acceptors (Lipinski definition) is 4. The van der Waals surface area contributed by atoms with Gasteiger partial charge in [-0.25, -0.2) is 0 Å². The molecule has 1 aromatic heterocycles.